The van der Waals surface area contributed by atoms with Crippen LogP contribution >= 0.6 is 0 Å². The van der Waals surface area contributed by atoms with Gasteiger partial charge < -0.3 is 145 Å². The number of hydrogen-bond acceptors (Lipinski definition) is 32. The van der Waals surface area contributed by atoms with Crippen LogP contribution in [0, 0.1) is 0 Å². The molecule has 4 heterocycles. The molecule has 0 spiro atoms. The first-order valence-corrected chi connectivity index (χ1v) is 26.3. The maximum atomic E-state index is 14.0. The van der Waals surface area contributed by atoms with Crippen LogP contribution in [0.15, 0.2) is 0 Å². The summed E-state index contributed by atoms with van der Waals surface area (Å²) in [4.78, 5) is 70.0. The van der Waals surface area contributed by atoms with Crippen LogP contribution in [-0.4, -0.2) is 412 Å². The Morgan fingerprint density at radius 1 is 0.301 bits per heavy atom. The molecule has 83 heavy (non-hydrogen) atoms. The lowest BCUT2D eigenvalue weighted by Gasteiger charge is -2.40. The molecule has 37 nitrogen and oxygen atoms in total. The summed E-state index contributed by atoms with van der Waals surface area (Å²) >= 11 is 0. The van der Waals surface area contributed by atoms with E-state index in [1.165, 1.54) is 4.90 Å². The van der Waals surface area contributed by atoms with Crippen LogP contribution in [0.25, 0.3) is 0 Å². The summed E-state index contributed by atoms with van der Waals surface area (Å²) in [5.74, 6) is -5.96. The highest BCUT2D eigenvalue weighted by atomic mass is 16.7. The summed E-state index contributed by atoms with van der Waals surface area (Å²) in [5, 5.41) is 191. The number of ether oxygens (including phenoxy) is 8. The Bertz CT molecular complexity index is 1760. The van der Waals surface area contributed by atoms with Gasteiger partial charge in [0.05, 0.1) is 85.6 Å². The summed E-state index contributed by atoms with van der Waals surface area (Å²) in [5.41, 5.74) is 0. The van der Waals surface area contributed by atoms with E-state index >= 15 is 0 Å². The normalized spacial score (nSPS) is 34.1. The second kappa shape index (κ2) is 35.2. The molecule has 8 unspecified atom stereocenters. The molecule has 20 atom stereocenters. The van der Waals surface area contributed by atoms with E-state index in [4.69, 9.17) is 37.9 Å². The van der Waals surface area contributed by atoms with E-state index in [1.807, 2.05) is 0 Å². The predicted octanol–water partition coefficient (Wildman–Crippen LogP) is -13.9. The minimum Gasteiger partial charge on any atom is -0.480 e. The Kier molecular flexibility index (Phi) is 30.4. The molecule has 0 aromatic rings. The topological polar surface area (TPSA) is 560 Å². The summed E-state index contributed by atoms with van der Waals surface area (Å²) in [6.45, 7) is -11.8. The average molecular weight is 1220 g/mol. The van der Waals surface area contributed by atoms with Crippen molar-refractivity contribution in [2.24, 2.45) is 0 Å². The number of aliphatic hydroxyl groups excluding tert-OH is 16. The Morgan fingerprint density at radius 3 is 0.735 bits per heavy atom. The highest BCUT2D eigenvalue weighted by Crippen LogP contribution is 2.26. The molecule has 0 saturated carbocycles. The molecule has 37 heteroatoms. The van der Waals surface area contributed by atoms with Gasteiger partial charge in [0.1, 0.15) is 97.7 Å². The van der Waals surface area contributed by atoms with Crippen molar-refractivity contribution >= 4 is 29.7 Å². The van der Waals surface area contributed by atoms with Crippen LogP contribution in [-0.2, 0) is 61.9 Å². The number of carboxylic acid groups (broad SMARTS) is 3. The van der Waals surface area contributed by atoms with Crippen LogP contribution < -0.4 is 0 Å². The first kappa shape index (κ1) is 71.7. The zero-order valence-electron chi connectivity index (χ0n) is 44.9. The van der Waals surface area contributed by atoms with Gasteiger partial charge in [0, 0.05) is 52.4 Å². The zero-order valence-corrected chi connectivity index (χ0v) is 44.9. The molecule has 4 rings (SSSR count). The van der Waals surface area contributed by atoms with E-state index < -0.39 is 264 Å². The van der Waals surface area contributed by atoms with E-state index in [0.717, 1.165) is 19.6 Å². The van der Waals surface area contributed by atoms with E-state index in [0.29, 0.717) is 0 Å². The zero-order chi connectivity index (χ0) is 61.8. The van der Waals surface area contributed by atoms with Gasteiger partial charge in [0.25, 0.3) is 0 Å². The predicted molar refractivity (Wildman–Crippen MR) is 264 cm³/mol. The van der Waals surface area contributed by atoms with E-state index in [9.17, 15) is 121 Å². The van der Waals surface area contributed by atoms with Gasteiger partial charge in [-0.3, -0.25) is 38.7 Å². The first-order chi connectivity index (χ1) is 39.3. The second-order valence-corrected chi connectivity index (χ2v) is 19.9. The smallest absolute Gasteiger partial charge is 0.317 e. The largest absolute Gasteiger partial charge is 0.480 e. The maximum absolute atomic E-state index is 14.0. The maximum Gasteiger partial charge on any atom is 0.317 e. The highest BCUT2D eigenvalue weighted by molar-refractivity contribution is 5.80. The third-order valence-corrected chi connectivity index (χ3v) is 13.9. The van der Waals surface area contributed by atoms with Crippen molar-refractivity contribution in [2.75, 3.05) is 138 Å². The molecule has 4 aliphatic rings. The number of aliphatic hydroxyl groups is 16. The number of nitrogens with zero attached hydrogens (tertiary/aromatic N) is 5. The second-order valence-electron chi connectivity index (χ2n) is 19.9. The number of amides is 2. The molecule has 0 aromatic heterocycles. The Balaban J connectivity index is 1.47. The first-order valence-electron chi connectivity index (χ1n) is 26.3. The van der Waals surface area contributed by atoms with Crippen molar-refractivity contribution < 1.29 is 159 Å². The number of carboxylic acids is 3. The molecule has 19 N–H and O–H groups in total. The molecule has 4 aliphatic heterocycles. The third-order valence-electron chi connectivity index (χ3n) is 13.9. The van der Waals surface area contributed by atoms with Gasteiger partial charge in [-0.2, -0.15) is 0 Å². The van der Waals surface area contributed by atoms with E-state index in [2.05, 4.69) is 0 Å². The highest BCUT2D eigenvalue weighted by Gasteiger charge is 2.47. The summed E-state index contributed by atoms with van der Waals surface area (Å²) in [6, 6.07) is 0. The number of hydrogen-bond donors (Lipinski definition) is 19. The van der Waals surface area contributed by atoms with Crippen LogP contribution in [0.4, 0.5) is 0 Å². The van der Waals surface area contributed by atoms with Crippen LogP contribution in [0.3, 0.4) is 0 Å². The van der Waals surface area contributed by atoms with Crippen LogP contribution in [0.2, 0.25) is 0 Å². The summed E-state index contributed by atoms with van der Waals surface area (Å²) < 4.78 is 43.5. The molecule has 0 radical (unpaired) electrons. The van der Waals surface area contributed by atoms with Gasteiger partial charge in [-0.1, -0.05) is 0 Å². The Labute approximate surface area is 473 Å². The standard InChI is InChI=1S/C46H81N5O32/c52-18-22-31(64)35(68)39(72)43(80-22)76-9-5-50(6-10-77-44-40(73)36(69)32(65)23(19-53)81-44)26(56)13-48(16-29(60)61)3-1-47(15-28(58)59)2-4-49(17-30(62)63)14-27(57)51(7-11-78-45-41(74)37(70)33(66)24(20-54)82-45)8-12-79-46-42(75)38(71)34(67)25(21-55)83-46/h22-25,31-46,52-55,64-75H,1-21H2,(H,58,59)(H,60,61)(H,62,63)/t22-,23-,24-,25-,31-,32-,33-,34-,35+,36+,37+,38+,39?,40?,41?,42?,43?,44?,45?,46?/m1/s1. The third kappa shape index (κ3) is 21.3. The van der Waals surface area contributed by atoms with Crippen molar-refractivity contribution in [3.8, 4) is 0 Å². The lowest BCUT2D eigenvalue weighted by Crippen LogP contribution is -2.59. The molecule has 0 aromatic carbocycles. The number of rotatable bonds is 36. The van der Waals surface area contributed by atoms with Gasteiger partial charge in [0.15, 0.2) is 25.2 Å². The lowest BCUT2D eigenvalue weighted by atomic mass is 9.99. The lowest BCUT2D eigenvalue weighted by molar-refractivity contribution is -0.303. The number of aliphatic carboxylic acids is 3. The van der Waals surface area contributed by atoms with Crippen LogP contribution in [0.1, 0.15) is 0 Å². The summed E-state index contributed by atoms with van der Waals surface area (Å²) in [6.07, 6.45) is -33.5. The van der Waals surface area contributed by atoms with Gasteiger partial charge in [-0.25, -0.2) is 0 Å². The van der Waals surface area contributed by atoms with Gasteiger partial charge in [0.2, 0.25) is 11.8 Å². The van der Waals surface area contributed by atoms with Crippen molar-refractivity contribution in [1.29, 1.82) is 0 Å². The molecule has 4 fully saturated rings. The molecule has 482 valence electrons. The molecule has 0 bridgehead atoms. The van der Waals surface area contributed by atoms with Crippen molar-refractivity contribution in [2.45, 2.75) is 123 Å². The van der Waals surface area contributed by atoms with Gasteiger partial charge in [-0.15, -0.1) is 0 Å². The fraction of sp³-hybridized carbons (Fsp3) is 0.891. The van der Waals surface area contributed by atoms with Crippen molar-refractivity contribution in [3.63, 3.8) is 0 Å². The molecule has 0 aliphatic carbocycles. The van der Waals surface area contributed by atoms with Crippen molar-refractivity contribution in [1.82, 2.24) is 24.5 Å². The quantitative estimate of drug-likeness (QED) is 0.0277. The van der Waals surface area contributed by atoms with Crippen molar-refractivity contribution in [3.05, 3.63) is 0 Å². The van der Waals surface area contributed by atoms with E-state index in [1.54, 1.807) is 0 Å². The molecule has 2 amide bonds. The summed E-state index contributed by atoms with van der Waals surface area (Å²) in [7, 11) is 0. The van der Waals surface area contributed by atoms with Gasteiger partial charge in [-0.05, 0) is 0 Å². The van der Waals surface area contributed by atoms with Gasteiger partial charge >= 0.3 is 17.9 Å². The SMILES string of the molecule is O=C(O)CN(CCN(CC(=O)O)CC(=O)N(CCOC1O[C@H](CO)[C@@H](O)[C@H](O)C1O)CCOC1O[C@H](CO)[C@@H](O)[C@H](O)C1O)CCN(CC(=O)O)CC(=O)N(CCOC1O[C@H](CO)[C@@H](O)[C@H](O)C1O)CCOC1O[C@H](CO)[C@@H](O)[C@H](O)C1O. The molecule has 4 saturated heterocycles. The average Bonchev–Trinajstić information content (AvgIpc) is 3.56. The monoisotopic (exact) mass is 1220 g/mol. The minimum atomic E-state index is -1.83. The Morgan fingerprint density at radius 2 is 0.518 bits per heavy atom. The number of carbonyl (C=O) groups excluding carboxylic acids is 2. The number of carbonyl (C=O) groups is 5. The molecular weight excluding hydrogens is 1130 g/mol. The van der Waals surface area contributed by atoms with Crippen LogP contribution in [0.5, 0.6) is 0 Å². The minimum absolute atomic E-state index is 0.307. The van der Waals surface area contributed by atoms with E-state index in [-0.39, 0.29) is 26.2 Å². The fourth-order valence-corrected chi connectivity index (χ4v) is 9.08. The Hall–Kier alpha value is -3.73. The fourth-order valence-electron chi connectivity index (χ4n) is 9.08. The molecular formula is C46H81N5O32.